The quantitative estimate of drug-likeness (QED) is 0.854. The second kappa shape index (κ2) is 5.50. The number of rotatable bonds is 2. The Balaban J connectivity index is 2.32. The number of benzene rings is 1. The Hall–Kier alpha value is -1.09. The largest absolute Gasteiger partial charge is 0.371 e. The van der Waals surface area contributed by atoms with Crippen LogP contribution in [-0.4, -0.2) is 13.1 Å². The van der Waals surface area contributed by atoms with E-state index in [-0.39, 0.29) is 11.9 Å². The third-order valence-electron chi connectivity index (χ3n) is 3.43. The van der Waals surface area contributed by atoms with Gasteiger partial charge in [-0.3, -0.25) is 0 Å². The van der Waals surface area contributed by atoms with Crippen LogP contribution in [0.2, 0.25) is 0 Å². The first-order valence-corrected chi connectivity index (χ1v) is 6.49. The summed E-state index contributed by atoms with van der Waals surface area (Å²) in [7, 11) is 0. The van der Waals surface area contributed by atoms with Crippen molar-refractivity contribution >= 4 is 5.69 Å². The van der Waals surface area contributed by atoms with Crippen LogP contribution in [-0.2, 0) is 0 Å². The molecule has 1 saturated heterocycles. The maximum absolute atomic E-state index is 13.9. The maximum Gasteiger partial charge on any atom is 0.130 e. The van der Waals surface area contributed by atoms with Crippen LogP contribution in [0.5, 0.6) is 0 Å². The molecule has 17 heavy (non-hydrogen) atoms. The Morgan fingerprint density at radius 3 is 2.41 bits per heavy atom. The number of hydrogen-bond donors (Lipinski definition) is 1. The maximum atomic E-state index is 13.9. The van der Waals surface area contributed by atoms with Gasteiger partial charge in [-0.1, -0.05) is 18.9 Å². The van der Waals surface area contributed by atoms with Crippen LogP contribution in [0.15, 0.2) is 18.2 Å². The molecule has 0 aliphatic carbocycles. The molecular formula is C14H21FN2. The first-order valence-electron chi connectivity index (χ1n) is 6.49. The molecule has 1 heterocycles. The van der Waals surface area contributed by atoms with Gasteiger partial charge in [0, 0.05) is 30.4 Å². The minimum atomic E-state index is -0.255. The van der Waals surface area contributed by atoms with Gasteiger partial charge in [-0.05, 0) is 31.9 Å². The van der Waals surface area contributed by atoms with Crippen molar-refractivity contribution in [3.8, 4) is 0 Å². The molecule has 3 heteroatoms. The van der Waals surface area contributed by atoms with Crippen LogP contribution in [0.4, 0.5) is 10.1 Å². The van der Waals surface area contributed by atoms with Crippen molar-refractivity contribution in [2.45, 2.75) is 38.6 Å². The third kappa shape index (κ3) is 2.78. The molecule has 2 N–H and O–H groups in total. The lowest BCUT2D eigenvalue weighted by molar-refractivity contribution is 0.591. The summed E-state index contributed by atoms with van der Waals surface area (Å²) in [5, 5.41) is 0. The molecule has 2 nitrogen and oxygen atoms in total. The Morgan fingerprint density at radius 2 is 1.82 bits per heavy atom. The Kier molecular flexibility index (Phi) is 4.00. The van der Waals surface area contributed by atoms with Crippen LogP contribution in [0.3, 0.4) is 0 Å². The number of nitrogens with two attached hydrogens (primary N) is 1. The highest BCUT2D eigenvalue weighted by Crippen LogP contribution is 2.29. The van der Waals surface area contributed by atoms with E-state index in [0.717, 1.165) is 18.8 Å². The van der Waals surface area contributed by atoms with E-state index in [2.05, 4.69) is 4.90 Å². The summed E-state index contributed by atoms with van der Waals surface area (Å²) in [6.07, 6.45) is 4.93. The SMILES string of the molecule is CC(N)c1c(F)cccc1N1CCCCCC1. The van der Waals surface area contributed by atoms with Crippen molar-refractivity contribution in [2.75, 3.05) is 18.0 Å². The van der Waals surface area contributed by atoms with E-state index >= 15 is 0 Å². The lowest BCUT2D eigenvalue weighted by Crippen LogP contribution is -2.26. The monoisotopic (exact) mass is 236 g/mol. The van der Waals surface area contributed by atoms with Crippen molar-refractivity contribution in [3.63, 3.8) is 0 Å². The van der Waals surface area contributed by atoms with Gasteiger partial charge in [0.05, 0.1) is 0 Å². The first kappa shape index (κ1) is 12.4. The summed E-state index contributed by atoms with van der Waals surface area (Å²) in [4.78, 5) is 2.29. The number of halogens is 1. The second-order valence-corrected chi connectivity index (χ2v) is 4.86. The fourth-order valence-corrected chi connectivity index (χ4v) is 2.56. The normalized spacial score (nSPS) is 18.9. The molecule has 1 aliphatic heterocycles. The highest BCUT2D eigenvalue weighted by atomic mass is 19.1. The predicted molar refractivity (Wildman–Crippen MR) is 69.7 cm³/mol. The summed E-state index contributed by atoms with van der Waals surface area (Å²) in [5.74, 6) is -0.179. The number of hydrogen-bond acceptors (Lipinski definition) is 2. The molecule has 1 aromatic carbocycles. The van der Waals surface area contributed by atoms with Crippen LogP contribution in [0.1, 0.15) is 44.2 Å². The van der Waals surface area contributed by atoms with E-state index in [1.807, 2.05) is 13.0 Å². The summed E-state index contributed by atoms with van der Waals surface area (Å²) in [6.45, 7) is 3.88. The molecule has 94 valence electrons. The highest BCUT2D eigenvalue weighted by molar-refractivity contribution is 5.55. The predicted octanol–water partition coefficient (Wildman–Crippen LogP) is 3.23. The van der Waals surface area contributed by atoms with E-state index in [4.69, 9.17) is 5.73 Å². The molecule has 0 spiro atoms. The average Bonchev–Trinajstić information content (AvgIpc) is 2.56. The van der Waals surface area contributed by atoms with E-state index in [0.29, 0.717) is 5.56 Å². The van der Waals surface area contributed by atoms with Gasteiger partial charge in [-0.2, -0.15) is 0 Å². The van der Waals surface area contributed by atoms with Crippen LogP contribution >= 0.6 is 0 Å². The summed E-state index contributed by atoms with van der Waals surface area (Å²) < 4.78 is 13.9. The molecule has 0 radical (unpaired) electrons. The van der Waals surface area contributed by atoms with Gasteiger partial charge >= 0.3 is 0 Å². The lowest BCUT2D eigenvalue weighted by Gasteiger charge is -2.27. The number of anilines is 1. The van der Waals surface area contributed by atoms with E-state index < -0.39 is 0 Å². The van der Waals surface area contributed by atoms with Crippen molar-refractivity contribution < 1.29 is 4.39 Å². The molecule has 1 aliphatic rings. The van der Waals surface area contributed by atoms with Gasteiger partial charge in [0.15, 0.2) is 0 Å². The first-order chi connectivity index (χ1) is 8.20. The zero-order chi connectivity index (χ0) is 12.3. The lowest BCUT2D eigenvalue weighted by atomic mass is 10.0. The second-order valence-electron chi connectivity index (χ2n) is 4.86. The molecule has 1 fully saturated rings. The third-order valence-corrected chi connectivity index (χ3v) is 3.43. The molecule has 1 atom stereocenters. The minimum absolute atomic E-state index is 0.179. The average molecular weight is 236 g/mol. The Bertz CT molecular complexity index is 368. The topological polar surface area (TPSA) is 29.3 Å². The summed E-state index contributed by atoms with van der Waals surface area (Å²) in [5.41, 5.74) is 7.54. The van der Waals surface area contributed by atoms with Crippen molar-refractivity contribution in [1.82, 2.24) is 0 Å². The van der Waals surface area contributed by atoms with E-state index in [1.165, 1.54) is 31.7 Å². The molecule has 1 unspecified atom stereocenters. The van der Waals surface area contributed by atoms with E-state index in [1.54, 1.807) is 6.07 Å². The zero-order valence-corrected chi connectivity index (χ0v) is 10.5. The molecule has 0 saturated carbocycles. The Morgan fingerprint density at radius 1 is 1.18 bits per heavy atom. The summed E-state index contributed by atoms with van der Waals surface area (Å²) in [6, 6.07) is 5.02. The van der Waals surface area contributed by atoms with Crippen LogP contribution < -0.4 is 10.6 Å². The standard InChI is InChI=1S/C14H21FN2/c1-11(16)14-12(15)7-6-8-13(14)17-9-4-2-3-5-10-17/h6-8,11H,2-5,9-10,16H2,1H3. The van der Waals surface area contributed by atoms with Gasteiger partial charge in [0.1, 0.15) is 5.82 Å². The van der Waals surface area contributed by atoms with Crippen LogP contribution in [0, 0.1) is 5.82 Å². The zero-order valence-electron chi connectivity index (χ0n) is 10.5. The molecule has 0 aromatic heterocycles. The van der Waals surface area contributed by atoms with Gasteiger partial charge in [-0.25, -0.2) is 4.39 Å². The molecule has 0 bridgehead atoms. The minimum Gasteiger partial charge on any atom is -0.371 e. The molecule has 0 amide bonds. The van der Waals surface area contributed by atoms with Gasteiger partial charge in [0.2, 0.25) is 0 Å². The van der Waals surface area contributed by atoms with Crippen molar-refractivity contribution in [1.29, 1.82) is 0 Å². The summed E-state index contributed by atoms with van der Waals surface area (Å²) >= 11 is 0. The molecule has 1 aromatic rings. The van der Waals surface area contributed by atoms with Gasteiger partial charge in [-0.15, -0.1) is 0 Å². The highest BCUT2D eigenvalue weighted by Gasteiger charge is 2.18. The smallest absolute Gasteiger partial charge is 0.130 e. The van der Waals surface area contributed by atoms with Gasteiger partial charge < -0.3 is 10.6 Å². The van der Waals surface area contributed by atoms with Crippen molar-refractivity contribution in [3.05, 3.63) is 29.6 Å². The van der Waals surface area contributed by atoms with Gasteiger partial charge in [0.25, 0.3) is 0 Å². The molecular weight excluding hydrogens is 215 g/mol. The fraction of sp³-hybridized carbons (Fsp3) is 0.571. The fourth-order valence-electron chi connectivity index (χ4n) is 2.56. The molecule has 2 rings (SSSR count). The Labute approximate surface area is 103 Å². The number of nitrogens with zero attached hydrogens (tertiary/aromatic N) is 1. The van der Waals surface area contributed by atoms with E-state index in [9.17, 15) is 4.39 Å². The van der Waals surface area contributed by atoms with Crippen LogP contribution in [0.25, 0.3) is 0 Å². The van der Waals surface area contributed by atoms with Crippen molar-refractivity contribution in [2.24, 2.45) is 5.73 Å².